The fraction of sp³-hybridized carbons (Fsp3) is 0.320. The number of ketones is 1. The van der Waals surface area contributed by atoms with Crippen LogP contribution in [0, 0.1) is 13.8 Å². The molecule has 1 amide bonds. The number of nitrogens with one attached hydrogen (secondary N) is 1. The number of nitrogens with zero attached hydrogens (tertiary/aromatic N) is 3. The summed E-state index contributed by atoms with van der Waals surface area (Å²) in [5.41, 5.74) is 3.06. The Morgan fingerprint density at radius 3 is 2.48 bits per heavy atom. The highest BCUT2D eigenvalue weighted by molar-refractivity contribution is 6.46. The largest absolute Gasteiger partial charge is 0.871 e. The molecule has 1 aliphatic heterocycles. The molecule has 3 heterocycles. The van der Waals surface area contributed by atoms with E-state index >= 15 is 0 Å². The van der Waals surface area contributed by atoms with Crippen LogP contribution in [0.2, 0.25) is 0 Å². The van der Waals surface area contributed by atoms with Crippen LogP contribution in [0.5, 0.6) is 5.75 Å². The Morgan fingerprint density at radius 1 is 1.15 bits per heavy atom. The third-order valence-electron chi connectivity index (χ3n) is 6.05. The molecule has 1 aliphatic rings. The number of benzene rings is 1. The maximum atomic E-state index is 13.9. The first kappa shape index (κ1) is 22.5. The van der Waals surface area contributed by atoms with Gasteiger partial charge in [-0.25, -0.2) is 4.98 Å². The molecular weight excluding hydrogens is 420 g/mol. The molecule has 3 aromatic rings. The first-order chi connectivity index (χ1) is 15.7. The van der Waals surface area contributed by atoms with Gasteiger partial charge in [0.1, 0.15) is 11.4 Å². The van der Waals surface area contributed by atoms with Gasteiger partial charge in [0.15, 0.2) is 0 Å². The van der Waals surface area contributed by atoms with Gasteiger partial charge < -0.3 is 24.0 Å². The number of amides is 1. The highest BCUT2D eigenvalue weighted by atomic mass is 16.5. The number of hydrogen-bond acceptors (Lipinski definition) is 5. The molecule has 1 atom stereocenters. The lowest BCUT2D eigenvalue weighted by atomic mass is 9.96. The van der Waals surface area contributed by atoms with E-state index in [1.54, 1.807) is 48.9 Å². The fourth-order valence-electron chi connectivity index (χ4n) is 4.30. The number of likely N-dealkylation sites (tertiary alicyclic amines) is 1. The molecular formula is C25H28N4O4. The normalized spacial score (nSPS) is 18.0. The van der Waals surface area contributed by atoms with Crippen molar-refractivity contribution < 1.29 is 24.3 Å². The zero-order chi connectivity index (χ0) is 23.9. The van der Waals surface area contributed by atoms with Crippen LogP contribution in [0.25, 0.3) is 11.4 Å². The number of quaternary nitrogens is 1. The van der Waals surface area contributed by atoms with Crippen molar-refractivity contribution >= 4 is 23.1 Å². The van der Waals surface area contributed by atoms with Crippen LogP contribution < -0.4 is 14.7 Å². The number of hydrogen-bond donors (Lipinski definition) is 1. The van der Waals surface area contributed by atoms with E-state index in [-0.39, 0.29) is 5.57 Å². The summed E-state index contributed by atoms with van der Waals surface area (Å²) in [5.74, 6) is -1.22. The van der Waals surface area contributed by atoms with E-state index in [2.05, 4.69) is 4.98 Å². The maximum Gasteiger partial charge on any atom is 0.295 e. The summed E-state index contributed by atoms with van der Waals surface area (Å²) < 4.78 is 6.96. The Kier molecular flexibility index (Phi) is 5.95. The Bertz CT molecular complexity index is 1260. The minimum Gasteiger partial charge on any atom is -0.871 e. The number of aromatic nitrogens is 2. The molecule has 0 spiro atoms. The quantitative estimate of drug-likeness (QED) is 0.333. The molecule has 0 saturated carbocycles. The van der Waals surface area contributed by atoms with E-state index < -0.39 is 23.5 Å². The van der Waals surface area contributed by atoms with E-state index in [9.17, 15) is 14.7 Å². The number of methoxy groups -OCH3 is 1. The lowest BCUT2D eigenvalue weighted by molar-refractivity contribution is -0.857. The summed E-state index contributed by atoms with van der Waals surface area (Å²) in [6.45, 7) is 4.66. The minimum atomic E-state index is -0.766. The molecule has 1 N–H and O–H groups in total. The van der Waals surface area contributed by atoms with Gasteiger partial charge in [-0.15, -0.1) is 0 Å². The van der Waals surface area contributed by atoms with Crippen LogP contribution in [-0.4, -0.2) is 60.3 Å². The average molecular weight is 449 g/mol. The molecule has 172 valence electrons. The smallest absolute Gasteiger partial charge is 0.295 e. The summed E-state index contributed by atoms with van der Waals surface area (Å²) >= 11 is 0. The predicted octanol–water partition coefficient (Wildman–Crippen LogP) is 0.328. The zero-order valence-corrected chi connectivity index (χ0v) is 19.5. The van der Waals surface area contributed by atoms with E-state index in [0.29, 0.717) is 41.4 Å². The van der Waals surface area contributed by atoms with Crippen molar-refractivity contribution in [2.24, 2.45) is 0 Å². The summed E-state index contributed by atoms with van der Waals surface area (Å²) in [5, 5.41) is 13.9. The van der Waals surface area contributed by atoms with E-state index in [1.807, 2.05) is 33.2 Å². The van der Waals surface area contributed by atoms with Gasteiger partial charge in [-0.1, -0.05) is 24.0 Å². The molecule has 1 saturated heterocycles. The lowest BCUT2D eigenvalue weighted by Gasteiger charge is -2.27. The summed E-state index contributed by atoms with van der Waals surface area (Å²) in [6.07, 6.45) is 1.76. The summed E-state index contributed by atoms with van der Waals surface area (Å²) in [6, 6.07) is 10.1. The van der Waals surface area contributed by atoms with Crippen molar-refractivity contribution in [2.45, 2.75) is 19.9 Å². The molecule has 2 aromatic heterocycles. The Balaban J connectivity index is 1.93. The second-order valence-electron chi connectivity index (χ2n) is 8.63. The highest BCUT2D eigenvalue weighted by Crippen LogP contribution is 2.39. The fourth-order valence-corrected chi connectivity index (χ4v) is 4.30. The molecule has 33 heavy (non-hydrogen) atoms. The monoisotopic (exact) mass is 448 g/mol. The van der Waals surface area contributed by atoms with Crippen molar-refractivity contribution in [2.75, 3.05) is 34.3 Å². The van der Waals surface area contributed by atoms with Crippen LogP contribution in [0.3, 0.4) is 0 Å². The number of rotatable bonds is 6. The van der Waals surface area contributed by atoms with Crippen LogP contribution in [-0.2, 0) is 9.59 Å². The molecule has 1 fully saturated rings. The van der Waals surface area contributed by atoms with Gasteiger partial charge in [-0.05, 0) is 43.2 Å². The SMILES string of the molecule is COc1ccc(C2C(=C([O-])c3c(C)nc4c(C)cccn34)C(=O)C(=O)N2CC[NH+](C)C)cc1. The molecule has 1 unspecified atom stereocenters. The van der Waals surface area contributed by atoms with Crippen molar-refractivity contribution in [3.63, 3.8) is 0 Å². The van der Waals surface area contributed by atoms with Gasteiger partial charge in [-0.2, -0.15) is 0 Å². The molecule has 8 heteroatoms. The van der Waals surface area contributed by atoms with E-state index in [4.69, 9.17) is 4.74 Å². The van der Waals surface area contributed by atoms with Gasteiger partial charge in [0.2, 0.25) is 5.78 Å². The molecule has 4 rings (SSSR count). The van der Waals surface area contributed by atoms with Crippen molar-refractivity contribution in [3.05, 3.63) is 70.7 Å². The number of ether oxygens (including phenoxy) is 1. The van der Waals surface area contributed by atoms with E-state index in [0.717, 1.165) is 10.5 Å². The van der Waals surface area contributed by atoms with Gasteiger partial charge in [0, 0.05) is 11.8 Å². The molecule has 0 aliphatic carbocycles. The lowest BCUT2D eigenvalue weighted by Crippen LogP contribution is -3.06. The Morgan fingerprint density at radius 2 is 1.85 bits per heavy atom. The number of likely N-dealkylation sites (N-methyl/N-ethyl adjacent to an activating group) is 1. The number of imidazole rings is 1. The highest BCUT2D eigenvalue weighted by Gasteiger charge is 2.44. The maximum absolute atomic E-state index is 13.9. The van der Waals surface area contributed by atoms with E-state index in [1.165, 1.54) is 4.90 Å². The third-order valence-corrected chi connectivity index (χ3v) is 6.05. The van der Waals surface area contributed by atoms with Gasteiger partial charge >= 0.3 is 0 Å². The van der Waals surface area contributed by atoms with Crippen LogP contribution in [0.4, 0.5) is 0 Å². The topological polar surface area (TPSA) is 91.4 Å². The second kappa shape index (κ2) is 8.71. The first-order valence-electron chi connectivity index (χ1n) is 10.9. The molecule has 1 aromatic carbocycles. The number of aryl methyl sites for hydroxylation is 2. The molecule has 0 radical (unpaired) electrons. The number of Topliss-reactive ketones (excluding diaryl/α,β-unsaturated/α-hetero) is 1. The van der Waals surface area contributed by atoms with Crippen LogP contribution in [0.1, 0.15) is 28.6 Å². The third kappa shape index (κ3) is 3.87. The number of pyridine rings is 1. The minimum absolute atomic E-state index is 0.0367. The first-order valence-corrected chi connectivity index (χ1v) is 10.9. The second-order valence-corrected chi connectivity index (χ2v) is 8.63. The molecule has 8 nitrogen and oxygen atoms in total. The van der Waals surface area contributed by atoms with Crippen molar-refractivity contribution in [1.29, 1.82) is 0 Å². The summed E-state index contributed by atoms with van der Waals surface area (Å²) in [7, 11) is 5.52. The summed E-state index contributed by atoms with van der Waals surface area (Å²) in [4.78, 5) is 33.5. The Hall–Kier alpha value is -3.65. The van der Waals surface area contributed by atoms with Crippen molar-refractivity contribution in [1.82, 2.24) is 14.3 Å². The van der Waals surface area contributed by atoms with Crippen molar-refractivity contribution in [3.8, 4) is 5.75 Å². The molecule has 0 bridgehead atoms. The number of fused-ring (bicyclic) bond motifs is 1. The number of carbonyl (C=O) groups is 2. The average Bonchev–Trinajstić information content (AvgIpc) is 3.26. The number of carbonyl (C=O) groups excluding carboxylic acids is 2. The predicted molar refractivity (Wildman–Crippen MR) is 122 cm³/mol. The van der Waals surface area contributed by atoms with Gasteiger partial charge in [0.25, 0.3) is 5.91 Å². The van der Waals surface area contributed by atoms with Crippen LogP contribution in [0.15, 0.2) is 48.2 Å². The van der Waals surface area contributed by atoms with Gasteiger partial charge in [0.05, 0.1) is 51.7 Å². The van der Waals surface area contributed by atoms with Crippen LogP contribution >= 0.6 is 0 Å². The Labute approximate surface area is 192 Å². The zero-order valence-electron chi connectivity index (χ0n) is 19.5. The van der Waals surface area contributed by atoms with Gasteiger partial charge in [-0.3, -0.25) is 9.59 Å². The standard InChI is InChI=1S/C25H28N4O4/c1-15-7-6-12-28-20(16(2)26-24(15)28)22(30)19-21(17-8-10-18(33-5)11-9-17)29(14-13-27(3)4)25(32)23(19)31/h6-12,21,30H,13-14H2,1-5H3.